The van der Waals surface area contributed by atoms with Crippen LogP contribution in [0.25, 0.3) is 0 Å². The molecule has 0 fully saturated rings. The van der Waals surface area contributed by atoms with Gasteiger partial charge >= 0.3 is 6.16 Å². The van der Waals surface area contributed by atoms with Gasteiger partial charge in [0.25, 0.3) is 0 Å². The number of hydrogen-bond acceptors (Lipinski definition) is 4. The van der Waals surface area contributed by atoms with E-state index >= 15 is 0 Å². The normalized spacial score (nSPS) is 9.62. The molecule has 1 aromatic carbocycles. The highest BCUT2D eigenvalue weighted by Gasteiger charge is 2.06. The number of hydrogen-bond donors (Lipinski definition) is 0. The molecule has 0 bridgehead atoms. The minimum atomic E-state index is -0.739. The minimum absolute atomic E-state index is 0.0580. The number of carbonyl (C=O) groups excluding carboxylic acids is 2. The van der Waals surface area contributed by atoms with Crippen LogP contribution in [0.15, 0.2) is 24.3 Å². The van der Waals surface area contributed by atoms with E-state index in [1.54, 1.807) is 38.1 Å². The molecule has 0 saturated carbocycles. The summed E-state index contributed by atoms with van der Waals surface area (Å²) >= 11 is 0. The Morgan fingerprint density at radius 2 is 1.75 bits per heavy atom. The number of ketones is 1. The van der Waals surface area contributed by atoms with E-state index < -0.39 is 6.16 Å². The lowest BCUT2D eigenvalue weighted by molar-refractivity contribution is 0.0988. The molecule has 0 radical (unpaired) electrons. The van der Waals surface area contributed by atoms with Crippen molar-refractivity contribution in [1.29, 1.82) is 0 Å². The van der Waals surface area contributed by atoms with Gasteiger partial charge in [0.05, 0.1) is 6.61 Å². The highest BCUT2D eigenvalue weighted by molar-refractivity contribution is 5.95. The van der Waals surface area contributed by atoms with E-state index in [0.29, 0.717) is 17.7 Å². The summed E-state index contributed by atoms with van der Waals surface area (Å²) in [5, 5.41) is 0. The summed E-state index contributed by atoms with van der Waals surface area (Å²) in [6.45, 7) is 3.76. The van der Waals surface area contributed by atoms with E-state index in [0.717, 1.165) is 0 Å². The molecular weight excluding hydrogens is 208 g/mol. The molecule has 0 aliphatic rings. The van der Waals surface area contributed by atoms with Crippen LogP contribution in [-0.4, -0.2) is 18.5 Å². The third-order valence-electron chi connectivity index (χ3n) is 1.96. The Labute approximate surface area is 94.2 Å². The van der Waals surface area contributed by atoms with Gasteiger partial charge in [-0.3, -0.25) is 4.79 Å². The average molecular weight is 222 g/mol. The van der Waals surface area contributed by atoms with Crippen molar-refractivity contribution in [3.8, 4) is 5.75 Å². The zero-order valence-corrected chi connectivity index (χ0v) is 9.36. The van der Waals surface area contributed by atoms with E-state index in [2.05, 4.69) is 4.74 Å². The van der Waals surface area contributed by atoms with Crippen LogP contribution in [0, 0.1) is 0 Å². The third kappa shape index (κ3) is 3.38. The minimum Gasteiger partial charge on any atom is -0.434 e. The number of rotatable bonds is 4. The molecule has 0 spiro atoms. The topological polar surface area (TPSA) is 52.6 Å². The van der Waals surface area contributed by atoms with Crippen molar-refractivity contribution in [1.82, 2.24) is 0 Å². The Morgan fingerprint density at radius 3 is 2.25 bits per heavy atom. The first-order chi connectivity index (χ1) is 7.67. The van der Waals surface area contributed by atoms with E-state index in [1.165, 1.54) is 0 Å². The Bertz CT molecular complexity index is 367. The Morgan fingerprint density at radius 1 is 1.12 bits per heavy atom. The molecule has 0 N–H and O–H groups in total. The number of ether oxygens (including phenoxy) is 2. The lowest BCUT2D eigenvalue weighted by Crippen LogP contribution is -2.10. The molecule has 0 atom stereocenters. The standard InChI is InChI=1S/C12H14O4/c1-3-11(13)9-5-7-10(8-6-9)16-12(14)15-4-2/h5-8H,3-4H2,1-2H3. The third-order valence-corrected chi connectivity index (χ3v) is 1.96. The lowest BCUT2D eigenvalue weighted by Gasteiger charge is -2.04. The van der Waals surface area contributed by atoms with Crippen LogP contribution in [-0.2, 0) is 4.74 Å². The molecule has 1 aromatic rings. The SMILES string of the molecule is CCOC(=O)Oc1ccc(C(=O)CC)cc1. The van der Waals surface area contributed by atoms with Crippen molar-refractivity contribution in [2.24, 2.45) is 0 Å². The summed E-state index contributed by atoms with van der Waals surface area (Å²) in [4.78, 5) is 22.3. The van der Waals surface area contributed by atoms with Gasteiger partial charge in [0.2, 0.25) is 0 Å². The fourth-order valence-electron chi connectivity index (χ4n) is 1.16. The maximum absolute atomic E-state index is 11.3. The van der Waals surface area contributed by atoms with Crippen LogP contribution in [0.4, 0.5) is 4.79 Å². The summed E-state index contributed by atoms with van der Waals surface area (Å²) < 4.78 is 9.47. The zero-order chi connectivity index (χ0) is 12.0. The predicted octanol–water partition coefficient (Wildman–Crippen LogP) is 2.81. The molecule has 0 saturated heterocycles. The monoisotopic (exact) mass is 222 g/mol. The second kappa shape index (κ2) is 5.90. The van der Waals surface area contributed by atoms with Crippen LogP contribution in [0.2, 0.25) is 0 Å². The molecule has 0 unspecified atom stereocenters. The Hall–Kier alpha value is -1.84. The van der Waals surface area contributed by atoms with Crippen molar-refractivity contribution in [3.05, 3.63) is 29.8 Å². The maximum Gasteiger partial charge on any atom is 0.513 e. The van der Waals surface area contributed by atoms with Gasteiger partial charge in [0.1, 0.15) is 5.75 Å². The zero-order valence-electron chi connectivity index (χ0n) is 9.36. The van der Waals surface area contributed by atoms with E-state index in [-0.39, 0.29) is 12.4 Å². The van der Waals surface area contributed by atoms with Gasteiger partial charge in [-0.1, -0.05) is 6.92 Å². The number of Topliss-reactive ketones (excluding diaryl/α,β-unsaturated/α-hetero) is 1. The van der Waals surface area contributed by atoms with Gasteiger partial charge < -0.3 is 9.47 Å². The number of carbonyl (C=O) groups is 2. The summed E-state index contributed by atoms with van der Waals surface area (Å²) in [5.41, 5.74) is 0.610. The van der Waals surface area contributed by atoms with Crippen LogP contribution < -0.4 is 4.74 Å². The fourth-order valence-corrected chi connectivity index (χ4v) is 1.16. The Balaban J connectivity index is 2.64. The first-order valence-electron chi connectivity index (χ1n) is 5.15. The summed E-state index contributed by atoms with van der Waals surface area (Å²) in [5.74, 6) is 0.425. The van der Waals surface area contributed by atoms with Gasteiger partial charge in [-0.2, -0.15) is 0 Å². The van der Waals surface area contributed by atoms with E-state index in [1.807, 2.05) is 0 Å². The summed E-state index contributed by atoms with van der Waals surface area (Å²) in [6, 6.07) is 6.39. The molecule has 0 aromatic heterocycles. The van der Waals surface area contributed by atoms with Gasteiger partial charge in [-0.15, -0.1) is 0 Å². The summed E-state index contributed by atoms with van der Waals surface area (Å²) in [6.07, 6.45) is -0.282. The second-order valence-electron chi connectivity index (χ2n) is 3.09. The quantitative estimate of drug-likeness (QED) is 0.446. The van der Waals surface area contributed by atoms with Crippen molar-refractivity contribution < 1.29 is 19.1 Å². The molecule has 0 amide bonds. The summed E-state index contributed by atoms with van der Waals surface area (Å²) in [7, 11) is 0. The average Bonchev–Trinajstić information content (AvgIpc) is 2.29. The van der Waals surface area contributed by atoms with Gasteiger partial charge in [-0.05, 0) is 31.2 Å². The highest BCUT2D eigenvalue weighted by atomic mass is 16.7. The van der Waals surface area contributed by atoms with Crippen LogP contribution in [0.3, 0.4) is 0 Å². The van der Waals surface area contributed by atoms with Gasteiger partial charge in [0.15, 0.2) is 5.78 Å². The smallest absolute Gasteiger partial charge is 0.434 e. The molecule has 86 valence electrons. The van der Waals surface area contributed by atoms with Crippen molar-refractivity contribution in [3.63, 3.8) is 0 Å². The molecular formula is C12H14O4. The molecule has 1 rings (SSSR count). The lowest BCUT2D eigenvalue weighted by atomic mass is 10.1. The van der Waals surface area contributed by atoms with Crippen LogP contribution in [0.5, 0.6) is 5.75 Å². The molecule has 4 nitrogen and oxygen atoms in total. The van der Waals surface area contributed by atoms with E-state index in [9.17, 15) is 9.59 Å². The molecule has 16 heavy (non-hydrogen) atoms. The largest absolute Gasteiger partial charge is 0.513 e. The van der Waals surface area contributed by atoms with Crippen molar-refractivity contribution in [2.45, 2.75) is 20.3 Å². The van der Waals surface area contributed by atoms with Gasteiger partial charge in [-0.25, -0.2) is 4.79 Å². The van der Waals surface area contributed by atoms with Crippen LogP contribution >= 0.6 is 0 Å². The number of benzene rings is 1. The predicted molar refractivity (Wildman–Crippen MR) is 58.7 cm³/mol. The van der Waals surface area contributed by atoms with E-state index in [4.69, 9.17) is 4.74 Å². The second-order valence-corrected chi connectivity index (χ2v) is 3.09. The molecule has 0 aliphatic carbocycles. The molecule has 4 heteroatoms. The maximum atomic E-state index is 11.3. The van der Waals surface area contributed by atoms with Gasteiger partial charge in [0, 0.05) is 12.0 Å². The molecule has 0 aliphatic heterocycles. The molecule has 0 heterocycles. The first-order valence-corrected chi connectivity index (χ1v) is 5.15. The fraction of sp³-hybridized carbons (Fsp3) is 0.333. The Kier molecular flexibility index (Phi) is 4.51. The van der Waals surface area contributed by atoms with Crippen LogP contribution in [0.1, 0.15) is 30.6 Å². The van der Waals surface area contributed by atoms with Crippen molar-refractivity contribution in [2.75, 3.05) is 6.61 Å². The highest BCUT2D eigenvalue weighted by Crippen LogP contribution is 2.13. The first kappa shape index (κ1) is 12.2. The van der Waals surface area contributed by atoms with Crippen molar-refractivity contribution >= 4 is 11.9 Å².